The number of hydrogen-bond donors (Lipinski definition) is 0. The summed E-state index contributed by atoms with van der Waals surface area (Å²) in [6, 6.07) is 11.6. The van der Waals surface area contributed by atoms with Crippen LogP contribution in [0.15, 0.2) is 47.6 Å². The third-order valence-corrected chi connectivity index (χ3v) is 7.95. The van der Waals surface area contributed by atoms with E-state index in [4.69, 9.17) is 4.84 Å². The minimum atomic E-state index is -0.250. The minimum absolute atomic E-state index is 0.250. The van der Waals surface area contributed by atoms with Gasteiger partial charge in [0.1, 0.15) is 12.9 Å². The van der Waals surface area contributed by atoms with Crippen molar-refractivity contribution < 1.29 is 9.63 Å². The van der Waals surface area contributed by atoms with Gasteiger partial charge in [-0.15, -0.1) is 0 Å². The van der Waals surface area contributed by atoms with E-state index in [1.54, 1.807) is 0 Å². The van der Waals surface area contributed by atoms with Crippen LogP contribution in [0.25, 0.3) is 0 Å². The molecule has 1 aromatic rings. The fraction of sp³-hybridized carbons (Fsp3) is 0.697. The third kappa shape index (κ3) is 14.0. The number of allylic oxidation sites excluding steroid dienone is 2. The lowest BCUT2D eigenvalue weighted by molar-refractivity contribution is -0.110. The molecule has 0 radical (unpaired) electrons. The highest BCUT2D eigenvalue weighted by atomic mass is 16.6. The number of unbranched alkanes of at least 4 members (excludes halogenated alkanes) is 10. The summed E-state index contributed by atoms with van der Waals surface area (Å²) in [6.07, 6.45) is 30.0. The monoisotopic (exact) mass is 510 g/mol. The lowest BCUT2D eigenvalue weighted by atomic mass is 10.0. The first-order valence-corrected chi connectivity index (χ1v) is 15.3. The predicted octanol–water partition coefficient (Wildman–Crippen LogP) is 8.86. The first-order valence-electron chi connectivity index (χ1n) is 15.3. The molecule has 2 aliphatic heterocycles. The van der Waals surface area contributed by atoms with Crippen molar-refractivity contribution in [3.63, 3.8) is 0 Å². The Kier molecular flexibility index (Phi) is 17.8. The van der Waals surface area contributed by atoms with Crippen LogP contribution in [0.5, 0.6) is 0 Å². The van der Waals surface area contributed by atoms with Crippen molar-refractivity contribution in [2.75, 3.05) is 13.7 Å². The van der Waals surface area contributed by atoms with Crippen LogP contribution in [0.3, 0.4) is 0 Å². The summed E-state index contributed by atoms with van der Waals surface area (Å²) in [5.74, 6) is -0.250. The van der Waals surface area contributed by atoms with Crippen LogP contribution < -0.4 is 0 Å². The molecule has 3 atom stereocenters. The van der Waals surface area contributed by atoms with E-state index in [1.165, 1.54) is 89.9 Å². The molecule has 4 heteroatoms. The number of rotatable bonds is 18. The molecule has 0 amide bonds. The summed E-state index contributed by atoms with van der Waals surface area (Å²) < 4.78 is 0. The number of aldehydes is 1. The Morgan fingerprint density at radius 1 is 0.865 bits per heavy atom. The first kappa shape index (κ1) is 31.3. The number of carbonyl (C=O) groups excluding carboxylic acids is 1. The summed E-state index contributed by atoms with van der Waals surface area (Å²) in [5.41, 5.74) is 0.969. The van der Waals surface area contributed by atoms with Gasteiger partial charge in [0.05, 0.1) is 5.92 Å². The van der Waals surface area contributed by atoms with Crippen LogP contribution in [0.2, 0.25) is 0 Å². The van der Waals surface area contributed by atoms with Gasteiger partial charge in [-0.3, -0.25) is 0 Å². The molecule has 0 aliphatic carbocycles. The largest absolute Gasteiger partial charge is 0.395 e. The standard InChI is InChI=1S/C25H39NO2.C8H15N/c1-2-3-4-5-6-7-8-9-10-11-12-13-14-18-21-26-28-23-25(22-27)24-19-16-15-17-20-24;1-9-7-3-2-4-8(9)6-5-7/h10-11,15-17,19-22,25H,2-9,12-14,18,23H2,1H3;7-8H,2-6H2,1H3/b11-10-,26-21+;. The molecule has 3 rings (SSSR count). The molecule has 2 saturated heterocycles. The number of piperidine rings is 1. The van der Waals surface area contributed by atoms with E-state index >= 15 is 0 Å². The Balaban J connectivity index is 0.000000439. The van der Waals surface area contributed by atoms with Gasteiger partial charge in [-0.1, -0.05) is 99.5 Å². The van der Waals surface area contributed by atoms with E-state index in [0.29, 0.717) is 6.61 Å². The zero-order valence-corrected chi connectivity index (χ0v) is 23.9. The summed E-state index contributed by atoms with van der Waals surface area (Å²) in [5, 5.41) is 3.98. The Labute approximate surface area is 227 Å². The van der Waals surface area contributed by atoms with Crippen LogP contribution in [0, 0.1) is 0 Å². The van der Waals surface area contributed by atoms with Gasteiger partial charge in [0, 0.05) is 18.3 Å². The molecular weight excluding hydrogens is 456 g/mol. The zero-order chi connectivity index (χ0) is 26.4. The Hall–Kier alpha value is -1.94. The number of hydrogen-bond acceptors (Lipinski definition) is 4. The minimum Gasteiger partial charge on any atom is -0.395 e. The Morgan fingerprint density at radius 3 is 2.08 bits per heavy atom. The Bertz CT molecular complexity index is 717. The molecule has 208 valence electrons. The molecule has 0 saturated carbocycles. The number of nitrogens with zero attached hydrogens (tertiary/aromatic N) is 2. The second-order valence-corrected chi connectivity index (χ2v) is 10.9. The van der Waals surface area contributed by atoms with E-state index in [-0.39, 0.29) is 5.92 Å². The van der Waals surface area contributed by atoms with Crippen LogP contribution in [-0.4, -0.2) is 43.1 Å². The maximum atomic E-state index is 11.2. The molecule has 37 heavy (non-hydrogen) atoms. The quantitative estimate of drug-likeness (QED) is 0.0651. The highest BCUT2D eigenvalue weighted by Crippen LogP contribution is 2.33. The number of carbonyl (C=O) groups is 1. The lowest BCUT2D eigenvalue weighted by Crippen LogP contribution is -2.35. The van der Waals surface area contributed by atoms with Crippen molar-refractivity contribution >= 4 is 12.5 Å². The predicted molar refractivity (Wildman–Crippen MR) is 158 cm³/mol. The van der Waals surface area contributed by atoms with Crippen molar-refractivity contribution in [3.05, 3.63) is 48.0 Å². The van der Waals surface area contributed by atoms with E-state index in [0.717, 1.165) is 43.2 Å². The topological polar surface area (TPSA) is 41.9 Å². The van der Waals surface area contributed by atoms with Crippen molar-refractivity contribution in [2.24, 2.45) is 5.16 Å². The lowest BCUT2D eigenvalue weighted by Gasteiger charge is -2.30. The molecule has 1 aromatic carbocycles. The van der Waals surface area contributed by atoms with Crippen LogP contribution in [0.1, 0.15) is 128 Å². The van der Waals surface area contributed by atoms with Gasteiger partial charge in [0.25, 0.3) is 0 Å². The van der Waals surface area contributed by atoms with Gasteiger partial charge in [-0.05, 0) is 76.8 Å². The molecule has 2 fully saturated rings. The maximum absolute atomic E-state index is 11.2. The first-order chi connectivity index (χ1) is 18.3. The van der Waals surface area contributed by atoms with Crippen molar-refractivity contribution in [3.8, 4) is 0 Å². The van der Waals surface area contributed by atoms with E-state index in [9.17, 15) is 4.79 Å². The van der Waals surface area contributed by atoms with Gasteiger partial charge in [0.2, 0.25) is 0 Å². The highest BCUT2D eigenvalue weighted by Gasteiger charge is 2.33. The van der Waals surface area contributed by atoms with Crippen LogP contribution in [-0.2, 0) is 9.63 Å². The number of fused-ring (bicyclic) bond motifs is 2. The number of oxime groups is 1. The highest BCUT2D eigenvalue weighted by molar-refractivity contribution is 5.62. The number of benzene rings is 1. The fourth-order valence-electron chi connectivity index (χ4n) is 5.47. The normalized spacial score (nSPS) is 20.2. The maximum Gasteiger partial charge on any atom is 0.130 e. The summed E-state index contributed by atoms with van der Waals surface area (Å²) in [6.45, 7) is 2.56. The van der Waals surface area contributed by atoms with E-state index in [1.807, 2.05) is 36.5 Å². The van der Waals surface area contributed by atoms with Gasteiger partial charge in [0.15, 0.2) is 0 Å². The average Bonchev–Trinajstić information content (AvgIpc) is 3.12. The molecule has 4 nitrogen and oxygen atoms in total. The van der Waals surface area contributed by atoms with Crippen molar-refractivity contribution in [2.45, 2.75) is 134 Å². The van der Waals surface area contributed by atoms with Crippen LogP contribution in [0.4, 0.5) is 0 Å². The van der Waals surface area contributed by atoms with Gasteiger partial charge >= 0.3 is 0 Å². The summed E-state index contributed by atoms with van der Waals surface area (Å²) in [4.78, 5) is 19.0. The van der Waals surface area contributed by atoms with Crippen LogP contribution >= 0.6 is 0 Å². The molecule has 0 spiro atoms. The Morgan fingerprint density at radius 2 is 1.46 bits per heavy atom. The zero-order valence-electron chi connectivity index (χ0n) is 23.9. The molecular formula is C33H54N2O2. The molecule has 0 aromatic heterocycles. The molecule has 2 aliphatic rings. The average molecular weight is 511 g/mol. The van der Waals surface area contributed by atoms with Crippen molar-refractivity contribution in [1.82, 2.24) is 4.90 Å². The van der Waals surface area contributed by atoms with Gasteiger partial charge in [-0.25, -0.2) is 0 Å². The summed E-state index contributed by atoms with van der Waals surface area (Å²) in [7, 11) is 2.29. The SMILES string of the molecule is CCCCCCCCC/C=C\CCCC/C=N/OCC(C=O)c1ccccc1.CN1C2CCCC1CC2. The molecule has 0 N–H and O–H groups in total. The van der Waals surface area contributed by atoms with E-state index < -0.39 is 0 Å². The summed E-state index contributed by atoms with van der Waals surface area (Å²) >= 11 is 0. The molecule has 3 unspecified atom stereocenters. The second kappa shape index (κ2) is 21.0. The molecule has 2 heterocycles. The third-order valence-electron chi connectivity index (χ3n) is 7.95. The second-order valence-electron chi connectivity index (χ2n) is 10.9. The van der Waals surface area contributed by atoms with E-state index in [2.05, 4.69) is 36.2 Å². The molecule has 2 bridgehead atoms. The van der Waals surface area contributed by atoms with Crippen molar-refractivity contribution in [1.29, 1.82) is 0 Å². The fourth-order valence-corrected chi connectivity index (χ4v) is 5.47. The smallest absolute Gasteiger partial charge is 0.130 e. The van der Waals surface area contributed by atoms with Gasteiger partial charge < -0.3 is 14.5 Å². The van der Waals surface area contributed by atoms with Gasteiger partial charge in [-0.2, -0.15) is 0 Å².